The summed E-state index contributed by atoms with van der Waals surface area (Å²) in [6.45, 7) is 2.13. The maximum absolute atomic E-state index is 8.69. The first-order valence-corrected chi connectivity index (χ1v) is 6.02. The molecule has 1 aromatic carbocycles. The number of benzene rings is 1. The first-order valence-electron chi connectivity index (χ1n) is 5.08. The highest BCUT2D eigenvalue weighted by molar-refractivity contribution is 7.07. The quantitative estimate of drug-likeness (QED) is 0.867. The van der Waals surface area contributed by atoms with Crippen LogP contribution in [-0.2, 0) is 0 Å². The molecular formula is C13H12N2S. The third kappa shape index (κ3) is 2.41. The molecule has 16 heavy (non-hydrogen) atoms. The first kappa shape index (κ1) is 10.7. The molecule has 1 heterocycles. The van der Waals surface area contributed by atoms with Crippen molar-refractivity contribution in [2.75, 3.05) is 5.32 Å². The second kappa shape index (κ2) is 4.82. The van der Waals surface area contributed by atoms with Gasteiger partial charge in [-0.25, -0.2) is 0 Å². The van der Waals surface area contributed by atoms with Gasteiger partial charge in [-0.3, -0.25) is 0 Å². The van der Waals surface area contributed by atoms with Gasteiger partial charge in [-0.15, -0.1) is 0 Å². The van der Waals surface area contributed by atoms with Crippen molar-refractivity contribution in [1.82, 2.24) is 0 Å². The van der Waals surface area contributed by atoms with Crippen molar-refractivity contribution in [3.63, 3.8) is 0 Å². The maximum Gasteiger partial charge on any atom is 0.0991 e. The van der Waals surface area contributed by atoms with Crippen molar-refractivity contribution in [3.8, 4) is 6.07 Å². The predicted molar refractivity (Wildman–Crippen MR) is 67.5 cm³/mol. The summed E-state index contributed by atoms with van der Waals surface area (Å²) in [5, 5.41) is 16.3. The second-order valence-corrected chi connectivity index (χ2v) is 4.39. The fourth-order valence-electron chi connectivity index (χ4n) is 1.50. The smallest absolute Gasteiger partial charge is 0.0991 e. The SMILES string of the molecule is CC(Nc1ccc(C#N)cc1)c1ccsc1. The minimum atomic E-state index is 0.291. The highest BCUT2D eigenvalue weighted by Gasteiger charge is 2.04. The fourth-order valence-corrected chi connectivity index (χ4v) is 2.25. The molecule has 1 atom stereocenters. The molecule has 1 unspecified atom stereocenters. The zero-order valence-corrected chi connectivity index (χ0v) is 9.79. The molecule has 0 aliphatic rings. The lowest BCUT2D eigenvalue weighted by molar-refractivity contribution is 0.890. The Bertz CT molecular complexity index is 480. The molecule has 2 aromatic rings. The lowest BCUT2D eigenvalue weighted by atomic mass is 10.1. The largest absolute Gasteiger partial charge is 0.378 e. The molecule has 0 saturated heterocycles. The molecule has 0 fully saturated rings. The minimum Gasteiger partial charge on any atom is -0.378 e. The lowest BCUT2D eigenvalue weighted by Gasteiger charge is -2.13. The van der Waals surface area contributed by atoms with E-state index in [2.05, 4.69) is 35.1 Å². The Morgan fingerprint density at radius 2 is 2.00 bits per heavy atom. The third-order valence-electron chi connectivity index (χ3n) is 2.44. The Morgan fingerprint density at radius 3 is 2.56 bits per heavy atom. The highest BCUT2D eigenvalue weighted by atomic mass is 32.1. The number of thiophene rings is 1. The average molecular weight is 228 g/mol. The van der Waals surface area contributed by atoms with E-state index in [1.165, 1.54) is 5.56 Å². The topological polar surface area (TPSA) is 35.8 Å². The molecule has 0 spiro atoms. The van der Waals surface area contributed by atoms with Gasteiger partial charge in [-0.2, -0.15) is 16.6 Å². The molecule has 2 rings (SSSR count). The predicted octanol–water partition coefficient (Wildman–Crippen LogP) is 3.79. The normalized spacial score (nSPS) is 11.8. The van der Waals surface area contributed by atoms with Gasteiger partial charge < -0.3 is 5.32 Å². The van der Waals surface area contributed by atoms with E-state index in [4.69, 9.17) is 5.26 Å². The van der Waals surface area contributed by atoms with Crippen LogP contribution in [0, 0.1) is 11.3 Å². The van der Waals surface area contributed by atoms with Gasteiger partial charge in [-0.05, 0) is 53.6 Å². The zero-order chi connectivity index (χ0) is 11.4. The van der Waals surface area contributed by atoms with Crippen molar-refractivity contribution in [2.45, 2.75) is 13.0 Å². The summed E-state index contributed by atoms with van der Waals surface area (Å²) >= 11 is 1.70. The molecule has 1 aromatic heterocycles. The van der Waals surface area contributed by atoms with Crippen molar-refractivity contribution in [1.29, 1.82) is 5.26 Å². The molecule has 2 nitrogen and oxygen atoms in total. The Labute approximate surface area is 99.2 Å². The number of anilines is 1. The summed E-state index contributed by atoms with van der Waals surface area (Å²) in [4.78, 5) is 0. The van der Waals surface area contributed by atoms with Crippen LogP contribution in [0.5, 0.6) is 0 Å². The lowest BCUT2D eigenvalue weighted by Crippen LogP contribution is -2.05. The van der Waals surface area contributed by atoms with Crippen LogP contribution in [0.3, 0.4) is 0 Å². The van der Waals surface area contributed by atoms with Crippen molar-refractivity contribution < 1.29 is 0 Å². The fraction of sp³-hybridized carbons (Fsp3) is 0.154. The van der Waals surface area contributed by atoms with E-state index in [9.17, 15) is 0 Å². The number of hydrogen-bond acceptors (Lipinski definition) is 3. The Balaban J connectivity index is 2.07. The van der Waals surface area contributed by atoms with Crippen LogP contribution >= 0.6 is 11.3 Å². The van der Waals surface area contributed by atoms with Crippen LogP contribution in [0.1, 0.15) is 24.1 Å². The van der Waals surface area contributed by atoms with Crippen LogP contribution in [0.4, 0.5) is 5.69 Å². The van der Waals surface area contributed by atoms with Gasteiger partial charge in [0.2, 0.25) is 0 Å². The molecule has 3 heteroatoms. The van der Waals surface area contributed by atoms with Crippen LogP contribution < -0.4 is 5.32 Å². The summed E-state index contributed by atoms with van der Waals surface area (Å²) in [5.41, 5.74) is 3.01. The average Bonchev–Trinajstić information content (AvgIpc) is 2.83. The summed E-state index contributed by atoms with van der Waals surface area (Å²) < 4.78 is 0. The van der Waals surface area contributed by atoms with Gasteiger partial charge in [-0.1, -0.05) is 0 Å². The van der Waals surface area contributed by atoms with Crippen LogP contribution in [0.2, 0.25) is 0 Å². The van der Waals surface area contributed by atoms with Crippen LogP contribution in [0.25, 0.3) is 0 Å². The molecule has 0 aliphatic heterocycles. The number of nitriles is 1. The van der Waals surface area contributed by atoms with Crippen LogP contribution in [-0.4, -0.2) is 0 Å². The Morgan fingerprint density at radius 1 is 1.25 bits per heavy atom. The van der Waals surface area contributed by atoms with Gasteiger partial charge in [0.1, 0.15) is 0 Å². The van der Waals surface area contributed by atoms with Gasteiger partial charge in [0.15, 0.2) is 0 Å². The van der Waals surface area contributed by atoms with Crippen molar-refractivity contribution in [2.24, 2.45) is 0 Å². The standard InChI is InChI=1S/C13H12N2S/c1-10(12-6-7-16-9-12)15-13-4-2-11(8-14)3-5-13/h2-7,9-10,15H,1H3. The van der Waals surface area contributed by atoms with Gasteiger partial charge >= 0.3 is 0 Å². The Kier molecular flexibility index (Phi) is 3.23. The third-order valence-corrected chi connectivity index (χ3v) is 3.14. The van der Waals surface area contributed by atoms with E-state index in [0.29, 0.717) is 11.6 Å². The Hall–Kier alpha value is -1.79. The van der Waals surface area contributed by atoms with Gasteiger partial charge in [0.05, 0.1) is 11.6 Å². The van der Waals surface area contributed by atoms with Gasteiger partial charge in [0.25, 0.3) is 0 Å². The summed E-state index contributed by atoms with van der Waals surface area (Å²) in [6.07, 6.45) is 0. The number of rotatable bonds is 3. The summed E-state index contributed by atoms with van der Waals surface area (Å²) in [6, 6.07) is 12.0. The van der Waals surface area contributed by atoms with Gasteiger partial charge in [0, 0.05) is 11.7 Å². The number of hydrogen-bond donors (Lipinski definition) is 1. The minimum absolute atomic E-state index is 0.291. The molecule has 0 aliphatic carbocycles. The maximum atomic E-state index is 8.69. The first-order chi connectivity index (χ1) is 7.79. The van der Waals surface area contributed by atoms with E-state index < -0.39 is 0 Å². The summed E-state index contributed by atoms with van der Waals surface area (Å²) in [7, 11) is 0. The molecule has 1 N–H and O–H groups in total. The molecule has 0 radical (unpaired) electrons. The highest BCUT2D eigenvalue weighted by Crippen LogP contribution is 2.21. The zero-order valence-electron chi connectivity index (χ0n) is 8.97. The van der Waals surface area contributed by atoms with Crippen molar-refractivity contribution in [3.05, 3.63) is 52.2 Å². The second-order valence-electron chi connectivity index (χ2n) is 3.61. The molecule has 0 saturated carbocycles. The van der Waals surface area contributed by atoms with E-state index in [1.807, 2.05) is 24.3 Å². The summed E-state index contributed by atoms with van der Waals surface area (Å²) in [5.74, 6) is 0. The van der Waals surface area contributed by atoms with E-state index >= 15 is 0 Å². The molecule has 0 bridgehead atoms. The molecule has 80 valence electrons. The number of nitrogens with zero attached hydrogens (tertiary/aromatic N) is 1. The van der Waals surface area contributed by atoms with E-state index in [0.717, 1.165) is 5.69 Å². The monoisotopic (exact) mass is 228 g/mol. The van der Waals surface area contributed by atoms with E-state index in [1.54, 1.807) is 11.3 Å². The molecule has 0 amide bonds. The van der Waals surface area contributed by atoms with Crippen LogP contribution in [0.15, 0.2) is 41.1 Å². The number of nitrogens with one attached hydrogen (secondary N) is 1. The molecular weight excluding hydrogens is 216 g/mol. The van der Waals surface area contributed by atoms with E-state index in [-0.39, 0.29) is 0 Å². The van der Waals surface area contributed by atoms with Crippen molar-refractivity contribution >= 4 is 17.0 Å².